The molecule has 4 bridgehead atoms. The second kappa shape index (κ2) is 14.2. The maximum atomic E-state index is 12.8. The molecule has 2 saturated carbocycles. The van der Waals surface area contributed by atoms with Crippen molar-refractivity contribution in [2.24, 2.45) is 23.7 Å². The van der Waals surface area contributed by atoms with Crippen LogP contribution in [0.2, 0.25) is 0 Å². The Balaban J connectivity index is 1.23. The summed E-state index contributed by atoms with van der Waals surface area (Å²) in [4.78, 5) is 12.7. The average Bonchev–Trinajstić information content (AvgIpc) is 3.16. The molecule has 0 spiro atoms. The molecule has 2 nitrogen and oxygen atoms in total. The van der Waals surface area contributed by atoms with Crippen LogP contribution in [0.5, 0.6) is 0 Å². The maximum absolute atomic E-state index is 12.8. The van der Waals surface area contributed by atoms with E-state index in [1.54, 1.807) is 0 Å². The van der Waals surface area contributed by atoms with Crippen LogP contribution in [-0.4, -0.2) is 38.0 Å². The molecule has 8 heteroatoms. The zero-order valence-corrected chi connectivity index (χ0v) is 28.1. The van der Waals surface area contributed by atoms with Gasteiger partial charge in [0, 0.05) is 19.5 Å². The molecule has 3 aliphatic carbocycles. The minimum absolute atomic E-state index is 0.00520. The lowest BCUT2D eigenvalue weighted by atomic mass is 9.76. The summed E-state index contributed by atoms with van der Waals surface area (Å²) in [5, 5.41) is 0.663. The van der Waals surface area contributed by atoms with Gasteiger partial charge < -0.3 is 4.90 Å². The Hall–Kier alpha value is 0.950. The number of amides is 1. The molecule has 0 aromatic heterocycles. The van der Waals surface area contributed by atoms with Gasteiger partial charge in [0.15, 0.2) is 4.33 Å². The molecule has 0 aromatic carbocycles. The molecular weight excluding hydrogens is 615 g/mol. The number of rotatable bonds is 15. The zero-order valence-electron chi connectivity index (χ0n) is 23.6. The van der Waals surface area contributed by atoms with E-state index in [0.29, 0.717) is 22.4 Å². The minimum atomic E-state index is -1.44. The predicted octanol–water partition coefficient (Wildman–Crippen LogP) is 11.2. The summed E-state index contributed by atoms with van der Waals surface area (Å²) in [6.45, 7) is 4.21. The van der Waals surface area contributed by atoms with Crippen molar-refractivity contribution in [3.05, 3.63) is 10.1 Å². The van der Waals surface area contributed by atoms with Crippen LogP contribution in [0.4, 0.5) is 0 Å². The van der Waals surface area contributed by atoms with Crippen molar-refractivity contribution in [2.45, 2.75) is 137 Å². The highest BCUT2D eigenvalue weighted by atomic mass is 35.5. The second-order valence-electron chi connectivity index (χ2n) is 12.9. The number of alkyl halides is 4. The quantitative estimate of drug-likeness (QED) is 0.126. The van der Waals surface area contributed by atoms with Crippen LogP contribution < -0.4 is 0 Å². The number of nitrogens with zero attached hydrogens (tertiary/aromatic N) is 1. The lowest BCUT2D eigenvalue weighted by Crippen LogP contribution is -2.44. The lowest BCUT2D eigenvalue weighted by Gasteiger charge is -2.37. The molecule has 4 fully saturated rings. The summed E-state index contributed by atoms with van der Waals surface area (Å²) < 4.78 is -1.44. The second-order valence-corrected chi connectivity index (χ2v) is 16.2. The number of allylic oxidation sites excluding steroid dienone is 2. The Bertz CT molecular complexity index is 857. The molecule has 1 amide bonds. The summed E-state index contributed by atoms with van der Waals surface area (Å²) in [5.41, 5.74) is 0. The Labute approximate surface area is 267 Å². The highest BCUT2D eigenvalue weighted by Gasteiger charge is 2.81. The monoisotopic (exact) mass is 659 g/mol. The first kappa shape index (κ1) is 32.9. The third kappa shape index (κ3) is 6.43. The van der Waals surface area contributed by atoms with E-state index in [0.717, 1.165) is 82.7 Å². The van der Waals surface area contributed by atoms with E-state index < -0.39 is 14.1 Å². The van der Waals surface area contributed by atoms with Gasteiger partial charge in [-0.1, -0.05) is 118 Å². The Morgan fingerprint density at radius 3 is 1.56 bits per heavy atom. The molecule has 0 aromatic rings. The Morgan fingerprint density at radius 2 is 1.10 bits per heavy atom. The number of fused-ring (bicyclic) bond motifs is 6. The van der Waals surface area contributed by atoms with Crippen LogP contribution >= 0.6 is 69.6 Å². The standard InChI is InChI=1S/C31H47Cl6NO/c1-2-3-4-5-7-10-13-24-25(30(35)28(33)27(32)29(24,34)31(30,36)37)14-11-8-6-9-12-15-26(39)38-20-22-16-17-23(21-38)19-18-22/h22-25H,2-21H2,1H3. The Kier molecular flexibility index (Phi) is 11.9. The first-order valence-corrected chi connectivity index (χ1v) is 17.9. The third-order valence-corrected chi connectivity index (χ3v) is 14.7. The largest absolute Gasteiger partial charge is 0.342 e. The maximum Gasteiger partial charge on any atom is 0.222 e. The van der Waals surface area contributed by atoms with Crippen molar-refractivity contribution >= 4 is 75.5 Å². The number of hydrogen-bond donors (Lipinski definition) is 0. The number of hydrogen-bond acceptors (Lipinski definition) is 1. The van der Waals surface area contributed by atoms with Gasteiger partial charge in [-0.05, 0) is 68.6 Å². The van der Waals surface area contributed by atoms with Gasteiger partial charge in [-0.15, -0.1) is 23.2 Å². The van der Waals surface area contributed by atoms with Crippen molar-refractivity contribution in [3.63, 3.8) is 0 Å². The highest BCUT2D eigenvalue weighted by molar-refractivity contribution is 6.65. The van der Waals surface area contributed by atoms with Gasteiger partial charge in [-0.2, -0.15) is 0 Å². The molecule has 0 N–H and O–H groups in total. The van der Waals surface area contributed by atoms with Crippen LogP contribution in [0, 0.1) is 23.7 Å². The van der Waals surface area contributed by atoms with Crippen molar-refractivity contribution < 1.29 is 4.79 Å². The number of carbonyl (C=O) groups excluding carboxylic acids is 1. The smallest absolute Gasteiger partial charge is 0.222 e. The molecule has 39 heavy (non-hydrogen) atoms. The van der Waals surface area contributed by atoms with Crippen LogP contribution in [0.1, 0.15) is 122 Å². The number of halogens is 6. The molecule has 5 rings (SSSR count). The first-order valence-electron chi connectivity index (χ1n) is 15.7. The van der Waals surface area contributed by atoms with Gasteiger partial charge in [0.1, 0.15) is 9.75 Å². The summed E-state index contributed by atoms with van der Waals surface area (Å²) >= 11 is 41.6. The van der Waals surface area contributed by atoms with Gasteiger partial charge >= 0.3 is 0 Å². The van der Waals surface area contributed by atoms with E-state index in [1.165, 1.54) is 51.4 Å². The molecule has 5 aliphatic rings. The van der Waals surface area contributed by atoms with Crippen molar-refractivity contribution in [2.75, 3.05) is 13.1 Å². The fourth-order valence-electron chi connectivity index (χ4n) is 7.98. The average molecular weight is 662 g/mol. The molecule has 4 unspecified atom stereocenters. The molecule has 4 atom stereocenters. The van der Waals surface area contributed by atoms with E-state index in [-0.39, 0.29) is 11.8 Å². The fraction of sp³-hybridized carbons (Fsp3) is 0.903. The van der Waals surface area contributed by atoms with Crippen LogP contribution in [0.15, 0.2) is 10.1 Å². The van der Waals surface area contributed by atoms with Crippen molar-refractivity contribution in [3.8, 4) is 0 Å². The van der Waals surface area contributed by atoms with E-state index in [1.807, 2.05) is 0 Å². The van der Waals surface area contributed by atoms with E-state index in [4.69, 9.17) is 69.6 Å². The molecule has 2 heterocycles. The van der Waals surface area contributed by atoms with Gasteiger partial charge in [0.2, 0.25) is 5.91 Å². The van der Waals surface area contributed by atoms with E-state index >= 15 is 0 Å². The minimum Gasteiger partial charge on any atom is -0.342 e. The zero-order chi connectivity index (χ0) is 28.3. The summed E-state index contributed by atoms with van der Waals surface area (Å²) in [6.07, 6.45) is 20.2. The van der Waals surface area contributed by atoms with Crippen molar-refractivity contribution in [1.29, 1.82) is 0 Å². The fourth-order valence-corrected chi connectivity index (χ4v) is 11.1. The summed E-state index contributed by atoms with van der Waals surface area (Å²) in [5.74, 6) is 1.81. The Morgan fingerprint density at radius 1 is 0.692 bits per heavy atom. The summed E-state index contributed by atoms with van der Waals surface area (Å²) in [6, 6.07) is 0. The first-order chi connectivity index (χ1) is 18.6. The summed E-state index contributed by atoms with van der Waals surface area (Å²) in [7, 11) is 0. The molecule has 0 radical (unpaired) electrons. The molecule has 2 aliphatic heterocycles. The molecule has 224 valence electrons. The molecule has 2 saturated heterocycles. The number of carbonyl (C=O) groups is 1. The van der Waals surface area contributed by atoms with E-state index in [9.17, 15) is 4.79 Å². The van der Waals surface area contributed by atoms with Gasteiger partial charge in [-0.25, -0.2) is 0 Å². The van der Waals surface area contributed by atoms with E-state index in [2.05, 4.69) is 11.8 Å². The number of unbranched alkanes of at least 4 members (excludes halogenated alkanes) is 9. The lowest BCUT2D eigenvalue weighted by molar-refractivity contribution is -0.131. The van der Waals surface area contributed by atoms with Gasteiger partial charge in [0.05, 0.1) is 10.1 Å². The van der Waals surface area contributed by atoms with Gasteiger partial charge in [-0.3, -0.25) is 4.79 Å². The van der Waals surface area contributed by atoms with Crippen LogP contribution in [-0.2, 0) is 4.79 Å². The van der Waals surface area contributed by atoms with Crippen molar-refractivity contribution in [1.82, 2.24) is 4.90 Å². The normalized spacial score (nSPS) is 35.2. The highest BCUT2D eigenvalue weighted by Crippen LogP contribution is 2.77. The topological polar surface area (TPSA) is 20.3 Å². The molecular formula is C31H47Cl6NO. The van der Waals surface area contributed by atoms with Gasteiger partial charge in [0.25, 0.3) is 0 Å². The third-order valence-electron chi connectivity index (χ3n) is 10.3. The predicted molar refractivity (Wildman–Crippen MR) is 170 cm³/mol. The van der Waals surface area contributed by atoms with Crippen LogP contribution in [0.3, 0.4) is 0 Å². The van der Waals surface area contributed by atoms with Crippen LogP contribution in [0.25, 0.3) is 0 Å². The SMILES string of the molecule is CCCCCCCCC1C(CCCCCCCC(=O)N2CC3CCC(CC3)C2)C2(Cl)C(Cl)=C(Cl)C1(Cl)C2(Cl)Cl.